The molecule has 2 amide bonds. The van der Waals surface area contributed by atoms with Crippen molar-refractivity contribution in [3.8, 4) is 0 Å². The van der Waals surface area contributed by atoms with Crippen LogP contribution in [0.15, 0.2) is 24.3 Å². The summed E-state index contributed by atoms with van der Waals surface area (Å²) >= 11 is 0. The third kappa shape index (κ3) is 6.59. The zero-order valence-corrected chi connectivity index (χ0v) is 15.2. The normalized spacial score (nSPS) is 11.3. The van der Waals surface area contributed by atoms with E-state index in [1.807, 2.05) is 25.8 Å². The average Bonchev–Trinajstić information content (AvgIpc) is 2.56. The predicted molar refractivity (Wildman–Crippen MR) is 96.4 cm³/mol. The maximum atomic E-state index is 12.3. The highest BCUT2D eigenvalue weighted by atomic mass is 35.5. The van der Waals surface area contributed by atoms with Crippen molar-refractivity contribution in [2.45, 2.75) is 33.2 Å². The molecule has 0 aliphatic rings. The van der Waals surface area contributed by atoms with Crippen LogP contribution in [0, 0.1) is 0 Å². The van der Waals surface area contributed by atoms with Crippen molar-refractivity contribution in [3.63, 3.8) is 0 Å². The van der Waals surface area contributed by atoms with E-state index in [0.717, 1.165) is 13.0 Å². The van der Waals surface area contributed by atoms with Crippen LogP contribution in [0.2, 0.25) is 0 Å². The first-order valence-electron chi connectivity index (χ1n) is 7.88. The highest BCUT2D eigenvalue weighted by Crippen LogP contribution is 2.08. The lowest BCUT2D eigenvalue weighted by Gasteiger charge is -2.20. The van der Waals surface area contributed by atoms with Gasteiger partial charge in [0.25, 0.3) is 11.8 Å². The minimum atomic E-state index is -0.123. The van der Waals surface area contributed by atoms with Gasteiger partial charge in [0.1, 0.15) is 0 Å². The maximum absolute atomic E-state index is 12.3. The van der Waals surface area contributed by atoms with Crippen LogP contribution in [0.25, 0.3) is 0 Å². The van der Waals surface area contributed by atoms with Gasteiger partial charge in [-0.2, -0.15) is 0 Å². The molecule has 23 heavy (non-hydrogen) atoms. The molecule has 0 radical (unpaired) electrons. The summed E-state index contributed by atoms with van der Waals surface area (Å²) in [6.07, 6.45) is 0.934. The Morgan fingerprint density at radius 3 is 2.17 bits per heavy atom. The number of nitrogens with zero attached hydrogens (tertiary/aromatic N) is 1. The van der Waals surface area contributed by atoms with Crippen LogP contribution in [0.1, 0.15) is 47.9 Å². The molecule has 0 aromatic heterocycles. The largest absolute Gasteiger partial charge is 0.350 e. The van der Waals surface area contributed by atoms with E-state index < -0.39 is 0 Å². The summed E-state index contributed by atoms with van der Waals surface area (Å²) in [4.78, 5) is 26.1. The zero-order chi connectivity index (χ0) is 16.5. The second-order valence-corrected chi connectivity index (χ2v) is 5.36. The molecule has 2 N–H and O–H groups in total. The summed E-state index contributed by atoms with van der Waals surface area (Å²) < 4.78 is 0. The van der Waals surface area contributed by atoms with E-state index in [1.54, 1.807) is 24.3 Å². The lowest BCUT2D eigenvalue weighted by atomic mass is 10.1. The minimum Gasteiger partial charge on any atom is -0.350 e. The average molecular weight is 342 g/mol. The number of likely N-dealkylation sites (N-methyl/N-ethyl adjacent to an activating group) is 1. The molecule has 1 unspecified atom stereocenters. The van der Waals surface area contributed by atoms with Crippen molar-refractivity contribution in [1.82, 2.24) is 15.5 Å². The fourth-order valence-electron chi connectivity index (χ4n) is 2.07. The van der Waals surface area contributed by atoms with Crippen molar-refractivity contribution < 1.29 is 9.59 Å². The number of carbonyl (C=O) groups excluding carboxylic acids is 2. The predicted octanol–water partition coefficient (Wildman–Crippen LogP) is 2.32. The second kappa shape index (κ2) is 11.0. The standard InChI is InChI=1S/C17H27N3O2.ClH/c1-5-11-20(6-2)17(22)15-9-7-14(8-10-15)16(21)19-12-13(3)18-4;/h7-10,13,18H,5-6,11-12H2,1-4H3,(H,19,21);1H. The second-order valence-electron chi connectivity index (χ2n) is 5.36. The van der Waals surface area contributed by atoms with Crippen LogP contribution in [-0.2, 0) is 0 Å². The lowest BCUT2D eigenvalue weighted by Crippen LogP contribution is -2.37. The van der Waals surface area contributed by atoms with E-state index in [1.165, 1.54) is 0 Å². The quantitative estimate of drug-likeness (QED) is 0.762. The van der Waals surface area contributed by atoms with E-state index in [0.29, 0.717) is 24.2 Å². The molecule has 1 aromatic carbocycles. The van der Waals surface area contributed by atoms with Gasteiger partial charge in [0.15, 0.2) is 0 Å². The maximum Gasteiger partial charge on any atom is 0.253 e. The van der Waals surface area contributed by atoms with Gasteiger partial charge < -0.3 is 15.5 Å². The number of rotatable bonds is 8. The molecule has 6 heteroatoms. The molecule has 1 rings (SSSR count). The zero-order valence-electron chi connectivity index (χ0n) is 14.4. The van der Waals surface area contributed by atoms with Crippen LogP contribution in [0.4, 0.5) is 0 Å². The molecule has 0 heterocycles. The van der Waals surface area contributed by atoms with E-state index in [9.17, 15) is 9.59 Å². The third-order valence-corrected chi connectivity index (χ3v) is 3.62. The monoisotopic (exact) mass is 341 g/mol. The molecule has 0 fully saturated rings. The Labute approximate surface area is 145 Å². The molecule has 0 saturated heterocycles. The molecule has 0 spiro atoms. The minimum absolute atomic E-state index is 0. The molecule has 130 valence electrons. The van der Waals surface area contributed by atoms with Crippen LogP contribution in [-0.4, -0.2) is 49.4 Å². The Balaban J connectivity index is 0.00000484. The summed E-state index contributed by atoms with van der Waals surface area (Å²) in [5.74, 6) is -0.109. The summed E-state index contributed by atoms with van der Waals surface area (Å²) in [5.41, 5.74) is 1.19. The van der Waals surface area contributed by atoms with Crippen LogP contribution in [0.5, 0.6) is 0 Å². The number of benzene rings is 1. The highest BCUT2D eigenvalue weighted by molar-refractivity contribution is 5.97. The van der Waals surface area contributed by atoms with Gasteiger partial charge in [-0.3, -0.25) is 9.59 Å². The van der Waals surface area contributed by atoms with E-state index in [4.69, 9.17) is 0 Å². The summed E-state index contributed by atoms with van der Waals surface area (Å²) in [5, 5.41) is 5.92. The number of nitrogens with one attached hydrogen (secondary N) is 2. The fraction of sp³-hybridized carbons (Fsp3) is 0.529. The third-order valence-electron chi connectivity index (χ3n) is 3.62. The highest BCUT2D eigenvalue weighted by Gasteiger charge is 2.14. The molecule has 1 aromatic rings. The topological polar surface area (TPSA) is 61.4 Å². The Hall–Kier alpha value is -1.59. The number of carbonyl (C=O) groups is 2. The summed E-state index contributed by atoms with van der Waals surface area (Å²) in [7, 11) is 1.85. The van der Waals surface area contributed by atoms with Gasteiger partial charge in [-0.15, -0.1) is 12.4 Å². The molecule has 5 nitrogen and oxygen atoms in total. The van der Waals surface area contributed by atoms with Gasteiger partial charge in [0.2, 0.25) is 0 Å². The van der Waals surface area contributed by atoms with Crippen LogP contribution in [0.3, 0.4) is 0 Å². The Bertz CT molecular complexity index is 491. The van der Waals surface area contributed by atoms with Crippen molar-refractivity contribution in [2.75, 3.05) is 26.7 Å². The van der Waals surface area contributed by atoms with Gasteiger partial charge >= 0.3 is 0 Å². The smallest absolute Gasteiger partial charge is 0.253 e. The number of amides is 2. The number of hydrogen-bond acceptors (Lipinski definition) is 3. The van der Waals surface area contributed by atoms with Crippen molar-refractivity contribution in [3.05, 3.63) is 35.4 Å². The molecule has 0 bridgehead atoms. The molecule has 0 saturated carbocycles. The summed E-state index contributed by atoms with van der Waals surface area (Å²) in [6, 6.07) is 7.06. The first-order valence-corrected chi connectivity index (χ1v) is 7.88. The lowest BCUT2D eigenvalue weighted by molar-refractivity contribution is 0.0763. The first kappa shape index (κ1) is 21.4. The van der Waals surface area contributed by atoms with Gasteiger partial charge in [-0.25, -0.2) is 0 Å². The number of hydrogen-bond donors (Lipinski definition) is 2. The molecule has 0 aliphatic heterocycles. The Kier molecular flexibility index (Phi) is 10.3. The molecule has 0 aliphatic carbocycles. The Morgan fingerprint density at radius 1 is 1.13 bits per heavy atom. The van der Waals surface area contributed by atoms with Crippen molar-refractivity contribution in [2.24, 2.45) is 0 Å². The molecular formula is C17H28ClN3O2. The SMILES string of the molecule is CCCN(CC)C(=O)c1ccc(C(=O)NCC(C)NC)cc1.Cl. The van der Waals surface area contributed by atoms with Crippen LogP contribution < -0.4 is 10.6 Å². The first-order chi connectivity index (χ1) is 10.5. The van der Waals surface area contributed by atoms with Crippen molar-refractivity contribution in [1.29, 1.82) is 0 Å². The van der Waals surface area contributed by atoms with E-state index >= 15 is 0 Å². The van der Waals surface area contributed by atoms with Gasteiger partial charge in [0.05, 0.1) is 0 Å². The van der Waals surface area contributed by atoms with E-state index in [-0.39, 0.29) is 30.3 Å². The molecular weight excluding hydrogens is 314 g/mol. The van der Waals surface area contributed by atoms with Gasteiger partial charge in [-0.1, -0.05) is 6.92 Å². The van der Waals surface area contributed by atoms with Gasteiger partial charge in [-0.05, 0) is 51.6 Å². The van der Waals surface area contributed by atoms with Crippen LogP contribution >= 0.6 is 12.4 Å². The van der Waals surface area contributed by atoms with Gasteiger partial charge in [0, 0.05) is 36.8 Å². The fourth-order valence-corrected chi connectivity index (χ4v) is 2.07. The summed E-state index contributed by atoms with van der Waals surface area (Å²) in [6.45, 7) is 8.02. The Morgan fingerprint density at radius 2 is 1.70 bits per heavy atom. The van der Waals surface area contributed by atoms with E-state index in [2.05, 4.69) is 17.6 Å². The van der Waals surface area contributed by atoms with Crippen molar-refractivity contribution >= 4 is 24.2 Å². The molecule has 1 atom stereocenters. The number of halogens is 1.